The molecule has 0 aromatic carbocycles. The maximum atomic E-state index is 5.22. The van der Waals surface area contributed by atoms with Crippen LogP contribution in [-0.2, 0) is 4.74 Å². The van der Waals surface area contributed by atoms with Crippen LogP contribution >= 0.6 is 0 Å². The maximum absolute atomic E-state index is 5.22. The van der Waals surface area contributed by atoms with E-state index in [1.807, 2.05) is 6.61 Å². The van der Waals surface area contributed by atoms with Gasteiger partial charge in [-0.15, -0.1) is 0 Å². The molecule has 1 heteroatoms. The van der Waals surface area contributed by atoms with Crippen molar-refractivity contribution in [3.05, 3.63) is 6.61 Å². The van der Waals surface area contributed by atoms with Gasteiger partial charge in [-0.2, -0.15) is 0 Å². The molecule has 0 bridgehead atoms. The highest BCUT2D eigenvalue weighted by atomic mass is 16.5. The smallest absolute Gasteiger partial charge is 0.0845 e. The zero-order chi connectivity index (χ0) is 5.33. The van der Waals surface area contributed by atoms with Crippen LogP contribution in [0, 0.1) is 6.61 Å². The Labute approximate surface area is 44.7 Å². The van der Waals surface area contributed by atoms with Gasteiger partial charge in [-0.3, -0.25) is 0 Å². The molecular formula is C6H11O. The van der Waals surface area contributed by atoms with Crippen LogP contribution in [0.2, 0.25) is 0 Å². The second kappa shape index (κ2) is 1.48. The lowest BCUT2D eigenvalue weighted by Crippen LogP contribution is -2.15. The maximum Gasteiger partial charge on any atom is 0.0845 e. The first-order valence-electron chi connectivity index (χ1n) is 2.70. The van der Waals surface area contributed by atoms with E-state index < -0.39 is 0 Å². The normalized spacial score (nSPS) is 28.3. The monoisotopic (exact) mass is 99.1 g/mol. The van der Waals surface area contributed by atoms with Crippen molar-refractivity contribution in [3.63, 3.8) is 0 Å². The standard InChI is InChI=1S/C6H11O/c1-6(2)4-3-5-7-6/h5H,3-4H2,1-2H3. The molecule has 1 saturated heterocycles. The minimum absolute atomic E-state index is 0.139. The molecule has 1 rings (SSSR count). The van der Waals surface area contributed by atoms with Gasteiger partial charge < -0.3 is 4.74 Å². The Balaban J connectivity index is 2.40. The number of ether oxygens (including phenoxy) is 1. The summed E-state index contributed by atoms with van der Waals surface area (Å²) >= 11 is 0. The number of hydrogen-bond donors (Lipinski definition) is 0. The van der Waals surface area contributed by atoms with Gasteiger partial charge in [-0.05, 0) is 26.7 Å². The molecule has 0 saturated carbocycles. The van der Waals surface area contributed by atoms with E-state index in [9.17, 15) is 0 Å². The molecule has 0 atom stereocenters. The van der Waals surface area contributed by atoms with E-state index in [0.717, 1.165) is 6.42 Å². The minimum Gasteiger partial charge on any atom is -0.370 e. The molecule has 41 valence electrons. The first-order chi connectivity index (χ1) is 3.21. The fraction of sp³-hybridized carbons (Fsp3) is 0.833. The molecule has 0 aliphatic carbocycles. The molecule has 1 aliphatic rings. The summed E-state index contributed by atoms with van der Waals surface area (Å²) in [6, 6.07) is 0. The Morgan fingerprint density at radius 2 is 2.29 bits per heavy atom. The average molecular weight is 99.2 g/mol. The number of rotatable bonds is 0. The van der Waals surface area contributed by atoms with Gasteiger partial charge in [0, 0.05) is 0 Å². The molecule has 0 spiro atoms. The molecule has 1 aliphatic heterocycles. The van der Waals surface area contributed by atoms with Gasteiger partial charge in [0.2, 0.25) is 0 Å². The van der Waals surface area contributed by atoms with Crippen molar-refractivity contribution in [1.82, 2.24) is 0 Å². The van der Waals surface area contributed by atoms with Crippen molar-refractivity contribution in [2.45, 2.75) is 32.3 Å². The van der Waals surface area contributed by atoms with Gasteiger partial charge in [-0.1, -0.05) is 0 Å². The molecule has 0 unspecified atom stereocenters. The van der Waals surface area contributed by atoms with Crippen molar-refractivity contribution in [2.75, 3.05) is 0 Å². The van der Waals surface area contributed by atoms with E-state index in [-0.39, 0.29) is 5.60 Å². The van der Waals surface area contributed by atoms with Crippen molar-refractivity contribution < 1.29 is 4.74 Å². The van der Waals surface area contributed by atoms with Crippen molar-refractivity contribution in [1.29, 1.82) is 0 Å². The molecule has 0 amide bonds. The van der Waals surface area contributed by atoms with Crippen LogP contribution in [0.5, 0.6) is 0 Å². The van der Waals surface area contributed by atoms with E-state index in [2.05, 4.69) is 13.8 Å². The van der Waals surface area contributed by atoms with Crippen LogP contribution < -0.4 is 0 Å². The summed E-state index contributed by atoms with van der Waals surface area (Å²) < 4.78 is 5.22. The van der Waals surface area contributed by atoms with Gasteiger partial charge >= 0.3 is 0 Å². The zero-order valence-corrected chi connectivity index (χ0v) is 4.90. The highest BCUT2D eigenvalue weighted by Crippen LogP contribution is 2.25. The van der Waals surface area contributed by atoms with Crippen LogP contribution in [0.25, 0.3) is 0 Å². The SMILES string of the molecule is CC1(C)CC[CH]O1. The third-order valence-corrected chi connectivity index (χ3v) is 1.27. The van der Waals surface area contributed by atoms with Crippen LogP contribution in [0.3, 0.4) is 0 Å². The van der Waals surface area contributed by atoms with Gasteiger partial charge in [0.25, 0.3) is 0 Å². The second-order valence-electron chi connectivity index (χ2n) is 2.58. The van der Waals surface area contributed by atoms with E-state index in [4.69, 9.17) is 4.74 Å². The lowest BCUT2D eigenvalue weighted by atomic mass is 10.1. The summed E-state index contributed by atoms with van der Waals surface area (Å²) in [6.45, 7) is 6.10. The lowest BCUT2D eigenvalue weighted by Gasteiger charge is -2.14. The highest BCUT2D eigenvalue weighted by molar-refractivity contribution is 4.78. The first kappa shape index (κ1) is 5.10. The van der Waals surface area contributed by atoms with Crippen molar-refractivity contribution >= 4 is 0 Å². The second-order valence-corrected chi connectivity index (χ2v) is 2.58. The van der Waals surface area contributed by atoms with Gasteiger partial charge in [-0.25, -0.2) is 0 Å². The van der Waals surface area contributed by atoms with E-state index >= 15 is 0 Å². The summed E-state index contributed by atoms with van der Waals surface area (Å²) in [5.74, 6) is 0. The molecule has 1 fully saturated rings. The Bertz CT molecular complexity index is 58.6. The lowest BCUT2D eigenvalue weighted by molar-refractivity contribution is 0.0706. The molecule has 0 aromatic rings. The van der Waals surface area contributed by atoms with Crippen molar-refractivity contribution in [2.24, 2.45) is 0 Å². The molecule has 0 aromatic heterocycles. The average Bonchev–Trinajstić information content (AvgIpc) is 1.84. The molecule has 7 heavy (non-hydrogen) atoms. The Hall–Kier alpha value is -0.0400. The molecule has 1 heterocycles. The Morgan fingerprint density at radius 3 is 2.43 bits per heavy atom. The van der Waals surface area contributed by atoms with Crippen LogP contribution in [0.15, 0.2) is 0 Å². The van der Waals surface area contributed by atoms with Gasteiger partial charge in [0.1, 0.15) is 0 Å². The predicted molar refractivity (Wildman–Crippen MR) is 28.7 cm³/mol. The molecule has 0 N–H and O–H groups in total. The van der Waals surface area contributed by atoms with Gasteiger partial charge in [0.15, 0.2) is 0 Å². The Morgan fingerprint density at radius 1 is 1.57 bits per heavy atom. The van der Waals surface area contributed by atoms with E-state index in [0.29, 0.717) is 0 Å². The third-order valence-electron chi connectivity index (χ3n) is 1.27. The summed E-state index contributed by atoms with van der Waals surface area (Å²) in [4.78, 5) is 0. The predicted octanol–water partition coefficient (Wildman–Crippen LogP) is 1.74. The zero-order valence-electron chi connectivity index (χ0n) is 4.90. The molecule has 1 nitrogen and oxygen atoms in total. The summed E-state index contributed by atoms with van der Waals surface area (Å²) in [5.41, 5.74) is 0.139. The molecular weight excluding hydrogens is 88.1 g/mol. The van der Waals surface area contributed by atoms with Gasteiger partial charge in [0.05, 0.1) is 12.2 Å². The van der Waals surface area contributed by atoms with Crippen LogP contribution in [0.1, 0.15) is 26.7 Å². The molecule has 1 radical (unpaired) electrons. The van der Waals surface area contributed by atoms with E-state index in [1.165, 1.54) is 6.42 Å². The summed E-state index contributed by atoms with van der Waals surface area (Å²) in [7, 11) is 0. The fourth-order valence-electron chi connectivity index (χ4n) is 0.750. The topological polar surface area (TPSA) is 9.23 Å². The number of hydrogen-bond acceptors (Lipinski definition) is 1. The minimum atomic E-state index is 0.139. The third kappa shape index (κ3) is 1.16. The first-order valence-corrected chi connectivity index (χ1v) is 2.70. The van der Waals surface area contributed by atoms with Crippen LogP contribution in [-0.4, -0.2) is 5.60 Å². The summed E-state index contributed by atoms with van der Waals surface area (Å²) in [5, 5.41) is 0. The fourth-order valence-corrected chi connectivity index (χ4v) is 0.750. The Kier molecular flexibility index (Phi) is 1.08. The van der Waals surface area contributed by atoms with Crippen LogP contribution in [0.4, 0.5) is 0 Å². The highest BCUT2D eigenvalue weighted by Gasteiger charge is 2.23. The van der Waals surface area contributed by atoms with E-state index in [1.54, 1.807) is 0 Å². The summed E-state index contributed by atoms with van der Waals surface area (Å²) in [6.07, 6.45) is 2.29. The largest absolute Gasteiger partial charge is 0.370 e. The van der Waals surface area contributed by atoms with Crippen molar-refractivity contribution in [3.8, 4) is 0 Å². The quantitative estimate of drug-likeness (QED) is 0.449.